The average Bonchev–Trinajstić information content (AvgIpc) is 2.47. The summed E-state index contributed by atoms with van der Waals surface area (Å²) < 4.78 is 5.74. The molecule has 0 saturated heterocycles. The highest BCUT2D eigenvalue weighted by atomic mass is 16.5. The number of allylic oxidation sites excluding steroid dienone is 2. The zero-order valence-electron chi connectivity index (χ0n) is 10.8. The minimum absolute atomic E-state index is 0.0760. The Balaban J connectivity index is 1.97. The predicted octanol–water partition coefficient (Wildman–Crippen LogP) is 3.05. The van der Waals surface area contributed by atoms with E-state index in [4.69, 9.17) is 4.74 Å². The van der Waals surface area contributed by atoms with Crippen molar-refractivity contribution in [3.05, 3.63) is 42.0 Å². The van der Waals surface area contributed by atoms with Crippen molar-refractivity contribution >= 4 is 5.97 Å². The van der Waals surface area contributed by atoms with Crippen LogP contribution >= 0.6 is 0 Å². The van der Waals surface area contributed by atoms with Gasteiger partial charge in [0.1, 0.15) is 17.8 Å². The molecular formula is C16H18O3. The number of ether oxygens (including phenoxy) is 1. The molecule has 0 saturated carbocycles. The second-order valence-electron chi connectivity index (χ2n) is 5.50. The van der Waals surface area contributed by atoms with Gasteiger partial charge < -0.3 is 9.84 Å². The third-order valence-corrected chi connectivity index (χ3v) is 4.35. The molecule has 1 aliphatic carbocycles. The summed E-state index contributed by atoms with van der Waals surface area (Å²) in [5.41, 5.74) is 0.209. The van der Waals surface area contributed by atoms with Crippen LogP contribution in [0.4, 0.5) is 0 Å². The number of carbonyl (C=O) groups is 1. The highest BCUT2D eigenvalue weighted by molar-refractivity contribution is 5.77. The van der Waals surface area contributed by atoms with Crippen LogP contribution in [0.15, 0.2) is 36.4 Å². The Kier molecular flexibility index (Phi) is 3.05. The maximum absolute atomic E-state index is 11.9. The van der Waals surface area contributed by atoms with Gasteiger partial charge in [-0.05, 0) is 43.2 Å². The van der Waals surface area contributed by atoms with Gasteiger partial charge in [0.25, 0.3) is 0 Å². The molecule has 0 bridgehead atoms. The van der Waals surface area contributed by atoms with E-state index in [1.807, 2.05) is 24.3 Å². The van der Waals surface area contributed by atoms with E-state index < -0.39 is 11.4 Å². The summed E-state index contributed by atoms with van der Waals surface area (Å²) in [4.78, 5) is 11.9. The molecule has 0 spiro atoms. The van der Waals surface area contributed by atoms with Crippen LogP contribution in [0.1, 0.15) is 24.8 Å². The van der Waals surface area contributed by atoms with Crippen molar-refractivity contribution in [2.75, 3.05) is 6.61 Å². The minimum Gasteiger partial charge on any atom is -0.492 e. The molecule has 0 radical (unpaired) electrons. The Hall–Kier alpha value is -1.77. The smallest absolute Gasteiger partial charge is 0.314 e. The lowest BCUT2D eigenvalue weighted by Gasteiger charge is -2.40. The number of hydrogen-bond acceptors (Lipinski definition) is 2. The molecule has 3 nitrogen and oxygen atoms in total. The molecule has 0 aromatic heterocycles. The average molecular weight is 258 g/mol. The van der Waals surface area contributed by atoms with Gasteiger partial charge in [-0.15, -0.1) is 0 Å². The van der Waals surface area contributed by atoms with Crippen molar-refractivity contribution in [1.29, 1.82) is 0 Å². The highest BCUT2D eigenvalue weighted by Crippen LogP contribution is 2.43. The largest absolute Gasteiger partial charge is 0.492 e. The molecule has 3 rings (SSSR count). The summed E-state index contributed by atoms with van der Waals surface area (Å²) in [5.74, 6) is 0.171. The van der Waals surface area contributed by atoms with E-state index in [-0.39, 0.29) is 12.5 Å². The van der Waals surface area contributed by atoms with Gasteiger partial charge in [-0.3, -0.25) is 4.79 Å². The zero-order chi connectivity index (χ0) is 13.3. The molecule has 1 heterocycles. The summed E-state index contributed by atoms with van der Waals surface area (Å²) in [6.07, 6.45) is 7.82. The Labute approximate surface area is 112 Å². The summed E-state index contributed by atoms with van der Waals surface area (Å²) in [5, 5.41) is 9.75. The molecule has 1 aliphatic heterocycles. The van der Waals surface area contributed by atoms with E-state index >= 15 is 0 Å². The summed E-state index contributed by atoms with van der Waals surface area (Å²) in [6.45, 7) is 0.272. The van der Waals surface area contributed by atoms with E-state index in [0.717, 1.165) is 30.6 Å². The third-order valence-electron chi connectivity index (χ3n) is 4.35. The number of carboxylic acid groups (broad SMARTS) is 1. The quantitative estimate of drug-likeness (QED) is 0.829. The van der Waals surface area contributed by atoms with Crippen LogP contribution in [0, 0.1) is 11.3 Å². The fraction of sp³-hybridized carbons (Fsp3) is 0.438. The fourth-order valence-electron chi connectivity index (χ4n) is 3.20. The van der Waals surface area contributed by atoms with Gasteiger partial charge in [-0.25, -0.2) is 0 Å². The summed E-state index contributed by atoms with van der Waals surface area (Å²) in [6, 6.07) is 7.75. The van der Waals surface area contributed by atoms with Crippen LogP contribution in [0.5, 0.6) is 5.75 Å². The number of aliphatic carboxylic acids is 1. The minimum atomic E-state index is -0.800. The normalized spacial score (nSPS) is 29.4. The number of rotatable bonds is 2. The Bertz CT molecular complexity index is 520. The van der Waals surface area contributed by atoms with Gasteiger partial charge >= 0.3 is 5.97 Å². The second-order valence-corrected chi connectivity index (χ2v) is 5.50. The molecule has 1 N–H and O–H groups in total. The Morgan fingerprint density at radius 1 is 1.37 bits per heavy atom. The number of fused-ring (bicyclic) bond motifs is 1. The van der Waals surface area contributed by atoms with E-state index in [2.05, 4.69) is 12.2 Å². The van der Waals surface area contributed by atoms with Crippen molar-refractivity contribution in [2.45, 2.75) is 25.7 Å². The molecule has 0 fully saturated rings. The first kappa shape index (κ1) is 12.3. The lowest BCUT2D eigenvalue weighted by molar-refractivity contribution is -0.155. The molecule has 19 heavy (non-hydrogen) atoms. The lowest BCUT2D eigenvalue weighted by atomic mass is 9.67. The van der Waals surface area contributed by atoms with Crippen LogP contribution in [-0.4, -0.2) is 17.7 Å². The van der Waals surface area contributed by atoms with Crippen LogP contribution < -0.4 is 4.74 Å². The second kappa shape index (κ2) is 4.72. The van der Waals surface area contributed by atoms with Gasteiger partial charge in [0.15, 0.2) is 0 Å². The van der Waals surface area contributed by atoms with Gasteiger partial charge in [-0.1, -0.05) is 30.4 Å². The SMILES string of the molecule is O=C(O)C1(C2C=CCCC2)COc2ccccc2C1. The monoisotopic (exact) mass is 258 g/mol. The van der Waals surface area contributed by atoms with Crippen LogP contribution in [0.25, 0.3) is 0 Å². The van der Waals surface area contributed by atoms with E-state index in [1.54, 1.807) is 0 Å². The third kappa shape index (κ3) is 2.03. The van der Waals surface area contributed by atoms with Gasteiger partial charge in [0.05, 0.1) is 0 Å². The van der Waals surface area contributed by atoms with Crippen LogP contribution in [0.2, 0.25) is 0 Å². The molecule has 0 amide bonds. The van der Waals surface area contributed by atoms with Crippen LogP contribution in [0.3, 0.4) is 0 Å². The van der Waals surface area contributed by atoms with E-state index in [0.29, 0.717) is 6.42 Å². The number of benzene rings is 1. The first-order valence-electron chi connectivity index (χ1n) is 6.83. The molecular weight excluding hydrogens is 240 g/mol. The lowest BCUT2D eigenvalue weighted by Crippen LogP contribution is -2.47. The van der Waals surface area contributed by atoms with Crippen molar-refractivity contribution in [2.24, 2.45) is 11.3 Å². The van der Waals surface area contributed by atoms with E-state index in [1.165, 1.54) is 0 Å². The van der Waals surface area contributed by atoms with Crippen molar-refractivity contribution in [1.82, 2.24) is 0 Å². The first-order chi connectivity index (χ1) is 9.22. The van der Waals surface area contributed by atoms with Gasteiger partial charge in [0, 0.05) is 0 Å². The maximum Gasteiger partial charge on any atom is 0.314 e. The molecule has 2 unspecified atom stereocenters. The zero-order valence-corrected chi connectivity index (χ0v) is 10.8. The van der Waals surface area contributed by atoms with Crippen LogP contribution in [-0.2, 0) is 11.2 Å². The summed E-state index contributed by atoms with van der Waals surface area (Å²) in [7, 11) is 0. The Morgan fingerprint density at radius 3 is 2.95 bits per heavy atom. The number of para-hydroxylation sites is 1. The maximum atomic E-state index is 11.9. The standard InChI is InChI=1S/C16H18O3/c17-15(18)16(13-7-2-1-3-8-13)10-12-6-4-5-9-14(12)19-11-16/h2,4-7,9,13H,1,3,8,10-11H2,(H,17,18). The van der Waals surface area contributed by atoms with E-state index in [9.17, 15) is 9.90 Å². The molecule has 2 atom stereocenters. The Morgan fingerprint density at radius 2 is 2.21 bits per heavy atom. The van der Waals surface area contributed by atoms with Crippen molar-refractivity contribution in [3.8, 4) is 5.75 Å². The van der Waals surface area contributed by atoms with Gasteiger partial charge in [-0.2, -0.15) is 0 Å². The predicted molar refractivity (Wildman–Crippen MR) is 72.2 cm³/mol. The first-order valence-corrected chi connectivity index (χ1v) is 6.83. The number of hydrogen-bond donors (Lipinski definition) is 1. The molecule has 3 heteroatoms. The highest BCUT2D eigenvalue weighted by Gasteiger charge is 2.48. The topological polar surface area (TPSA) is 46.5 Å². The van der Waals surface area contributed by atoms with Crippen molar-refractivity contribution < 1.29 is 14.6 Å². The molecule has 1 aromatic carbocycles. The van der Waals surface area contributed by atoms with Gasteiger partial charge in [0.2, 0.25) is 0 Å². The summed E-state index contributed by atoms with van der Waals surface area (Å²) >= 11 is 0. The molecule has 100 valence electrons. The fourth-order valence-corrected chi connectivity index (χ4v) is 3.20. The molecule has 2 aliphatic rings. The molecule has 1 aromatic rings. The number of carboxylic acids is 1. The van der Waals surface area contributed by atoms with Crippen molar-refractivity contribution in [3.63, 3.8) is 0 Å².